The maximum atomic E-state index is 12.7. The Labute approximate surface area is 119 Å². The SMILES string of the molecule is CCC1c2ccccc2CCN1C(=O)C1COCCO1. The summed E-state index contributed by atoms with van der Waals surface area (Å²) in [6.07, 6.45) is 1.42. The highest BCUT2D eigenvalue weighted by Crippen LogP contribution is 2.32. The normalized spacial score (nSPS) is 26.1. The summed E-state index contributed by atoms with van der Waals surface area (Å²) in [7, 11) is 0. The van der Waals surface area contributed by atoms with Crippen molar-refractivity contribution < 1.29 is 14.3 Å². The molecule has 2 aliphatic rings. The average Bonchev–Trinajstić information content (AvgIpc) is 2.54. The molecule has 0 spiro atoms. The number of rotatable bonds is 2. The lowest BCUT2D eigenvalue weighted by Gasteiger charge is -2.39. The van der Waals surface area contributed by atoms with Gasteiger partial charge < -0.3 is 14.4 Å². The van der Waals surface area contributed by atoms with Gasteiger partial charge >= 0.3 is 0 Å². The van der Waals surface area contributed by atoms with E-state index in [1.165, 1.54) is 11.1 Å². The predicted molar refractivity (Wildman–Crippen MR) is 75.5 cm³/mol. The molecule has 108 valence electrons. The summed E-state index contributed by atoms with van der Waals surface area (Å²) in [5, 5.41) is 0. The smallest absolute Gasteiger partial charge is 0.254 e. The Balaban J connectivity index is 1.81. The zero-order valence-electron chi connectivity index (χ0n) is 11.9. The van der Waals surface area contributed by atoms with E-state index in [2.05, 4.69) is 31.2 Å². The minimum absolute atomic E-state index is 0.0750. The predicted octanol–water partition coefficient (Wildman–Crippen LogP) is 1.94. The molecule has 20 heavy (non-hydrogen) atoms. The van der Waals surface area contributed by atoms with E-state index in [4.69, 9.17) is 9.47 Å². The number of benzene rings is 1. The first-order chi connectivity index (χ1) is 9.81. The van der Waals surface area contributed by atoms with E-state index in [1.807, 2.05) is 4.90 Å². The van der Waals surface area contributed by atoms with Crippen LogP contribution in [-0.4, -0.2) is 43.3 Å². The van der Waals surface area contributed by atoms with Gasteiger partial charge in [0.15, 0.2) is 6.10 Å². The van der Waals surface area contributed by atoms with E-state index in [1.54, 1.807) is 0 Å². The first-order valence-corrected chi connectivity index (χ1v) is 7.39. The standard InChI is InChI=1S/C16H21NO3/c1-2-14-13-6-4-3-5-12(13)7-8-17(14)16(18)15-11-19-9-10-20-15/h3-6,14-15H,2,7-11H2,1H3. The molecule has 0 aromatic heterocycles. The summed E-state index contributed by atoms with van der Waals surface area (Å²) < 4.78 is 10.9. The van der Waals surface area contributed by atoms with E-state index >= 15 is 0 Å². The molecule has 0 bridgehead atoms. The molecule has 3 rings (SSSR count). The number of amides is 1. The van der Waals surface area contributed by atoms with Crippen LogP contribution in [0.2, 0.25) is 0 Å². The lowest BCUT2D eigenvalue weighted by Crippen LogP contribution is -2.48. The molecule has 0 radical (unpaired) electrons. The third-order valence-corrected chi connectivity index (χ3v) is 4.17. The van der Waals surface area contributed by atoms with Crippen LogP contribution < -0.4 is 0 Å². The molecule has 2 heterocycles. The molecule has 1 fully saturated rings. The number of carbonyl (C=O) groups is 1. The van der Waals surface area contributed by atoms with Crippen molar-refractivity contribution in [1.82, 2.24) is 4.90 Å². The zero-order chi connectivity index (χ0) is 13.9. The van der Waals surface area contributed by atoms with E-state index < -0.39 is 6.10 Å². The quantitative estimate of drug-likeness (QED) is 0.828. The fraction of sp³-hybridized carbons (Fsp3) is 0.562. The van der Waals surface area contributed by atoms with Crippen molar-refractivity contribution in [2.45, 2.75) is 31.9 Å². The molecule has 4 heteroatoms. The Bertz CT molecular complexity index is 482. The number of nitrogens with zero attached hydrogens (tertiary/aromatic N) is 1. The minimum Gasteiger partial charge on any atom is -0.376 e. The van der Waals surface area contributed by atoms with Gasteiger partial charge in [-0.25, -0.2) is 0 Å². The molecule has 0 aliphatic carbocycles. The van der Waals surface area contributed by atoms with Crippen LogP contribution in [0, 0.1) is 0 Å². The second kappa shape index (κ2) is 5.94. The summed E-state index contributed by atoms with van der Waals surface area (Å²) >= 11 is 0. The van der Waals surface area contributed by atoms with E-state index in [-0.39, 0.29) is 11.9 Å². The fourth-order valence-corrected chi connectivity index (χ4v) is 3.17. The lowest BCUT2D eigenvalue weighted by molar-refractivity contribution is -0.160. The van der Waals surface area contributed by atoms with Gasteiger partial charge in [0.1, 0.15) is 0 Å². The number of fused-ring (bicyclic) bond motifs is 1. The summed E-state index contributed by atoms with van der Waals surface area (Å²) in [6.45, 7) is 4.38. The number of hydrogen-bond acceptors (Lipinski definition) is 3. The summed E-state index contributed by atoms with van der Waals surface area (Å²) in [4.78, 5) is 14.6. The Hall–Kier alpha value is -1.39. The van der Waals surface area contributed by atoms with Crippen LogP contribution in [-0.2, 0) is 20.7 Å². The molecule has 2 aliphatic heterocycles. The highest BCUT2D eigenvalue weighted by Gasteiger charge is 2.34. The van der Waals surface area contributed by atoms with Crippen molar-refractivity contribution in [3.8, 4) is 0 Å². The molecule has 1 saturated heterocycles. The van der Waals surface area contributed by atoms with Crippen molar-refractivity contribution in [1.29, 1.82) is 0 Å². The van der Waals surface area contributed by atoms with Gasteiger partial charge in [-0.05, 0) is 24.0 Å². The van der Waals surface area contributed by atoms with Gasteiger partial charge in [0.25, 0.3) is 5.91 Å². The van der Waals surface area contributed by atoms with E-state index in [9.17, 15) is 4.79 Å². The van der Waals surface area contributed by atoms with Crippen molar-refractivity contribution in [3.05, 3.63) is 35.4 Å². The van der Waals surface area contributed by atoms with Crippen LogP contribution in [0.4, 0.5) is 0 Å². The highest BCUT2D eigenvalue weighted by molar-refractivity contribution is 5.82. The maximum Gasteiger partial charge on any atom is 0.254 e. The molecule has 1 amide bonds. The van der Waals surface area contributed by atoms with Crippen LogP contribution in [0.5, 0.6) is 0 Å². The third-order valence-electron chi connectivity index (χ3n) is 4.17. The van der Waals surface area contributed by atoms with Crippen LogP contribution in [0.25, 0.3) is 0 Å². The molecule has 2 atom stereocenters. The van der Waals surface area contributed by atoms with Crippen LogP contribution in [0.1, 0.15) is 30.5 Å². The molecule has 4 nitrogen and oxygen atoms in total. The Morgan fingerprint density at radius 1 is 1.35 bits per heavy atom. The number of carbonyl (C=O) groups excluding carboxylic acids is 1. The van der Waals surface area contributed by atoms with Gasteiger partial charge in [-0.3, -0.25) is 4.79 Å². The number of hydrogen-bond donors (Lipinski definition) is 0. The average molecular weight is 275 g/mol. The van der Waals surface area contributed by atoms with Crippen molar-refractivity contribution in [3.63, 3.8) is 0 Å². The van der Waals surface area contributed by atoms with Gasteiger partial charge in [0.2, 0.25) is 0 Å². The molecule has 0 N–H and O–H groups in total. The second-order valence-corrected chi connectivity index (χ2v) is 5.34. The molecular weight excluding hydrogens is 254 g/mol. The topological polar surface area (TPSA) is 38.8 Å². The monoisotopic (exact) mass is 275 g/mol. The Morgan fingerprint density at radius 2 is 2.20 bits per heavy atom. The maximum absolute atomic E-state index is 12.7. The first kappa shape index (κ1) is 13.6. The van der Waals surface area contributed by atoms with Gasteiger partial charge in [-0.1, -0.05) is 31.2 Å². The lowest BCUT2D eigenvalue weighted by atomic mass is 9.91. The first-order valence-electron chi connectivity index (χ1n) is 7.39. The third kappa shape index (κ3) is 2.45. The fourth-order valence-electron chi connectivity index (χ4n) is 3.17. The highest BCUT2D eigenvalue weighted by atomic mass is 16.6. The molecular formula is C16H21NO3. The Morgan fingerprint density at radius 3 is 2.95 bits per heavy atom. The Kier molecular flexibility index (Phi) is 4.03. The second-order valence-electron chi connectivity index (χ2n) is 5.34. The van der Waals surface area contributed by atoms with Gasteiger partial charge in [0.05, 0.1) is 25.9 Å². The van der Waals surface area contributed by atoms with E-state index in [0.717, 1.165) is 19.4 Å². The van der Waals surface area contributed by atoms with Gasteiger partial charge in [-0.2, -0.15) is 0 Å². The number of ether oxygens (including phenoxy) is 2. The van der Waals surface area contributed by atoms with Crippen LogP contribution in [0.3, 0.4) is 0 Å². The van der Waals surface area contributed by atoms with Crippen molar-refractivity contribution in [2.24, 2.45) is 0 Å². The zero-order valence-corrected chi connectivity index (χ0v) is 11.9. The largest absolute Gasteiger partial charge is 0.376 e. The van der Waals surface area contributed by atoms with E-state index in [0.29, 0.717) is 19.8 Å². The summed E-state index contributed by atoms with van der Waals surface area (Å²) in [5.74, 6) is 0.0750. The summed E-state index contributed by atoms with van der Waals surface area (Å²) in [6, 6.07) is 8.59. The molecule has 0 saturated carbocycles. The van der Waals surface area contributed by atoms with Gasteiger partial charge in [-0.15, -0.1) is 0 Å². The van der Waals surface area contributed by atoms with Crippen molar-refractivity contribution >= 4 is 5.91 Å². The molecule has 1 aromatic rings. The molecule has 2 unspecified atom stereocenters. The van der Waals surface area contributed by atoms with Crippen LogP contribution >= 0.6 is 0 Å². The van der Waals surface area contributed by atoms with Crippen molar-refractivity contribution in [2.75, 3.05) is 26.4 Å². The van der Waals surface area contributed by atoms with Crippen LogP contribution in [0.15, 0.2) is 24.3 Å². The van der Waals surface area contributed by atoms with Gasteiger partial charge in [0, 0.05) is 6.54 Å². The summed E-state index contributed by atoms with van der Waals surface area (Å²) in [5.41, 5.74) is 2.65. The minimum atomic E-state index is -0.428. The molecule has 1 aromatic carbocycles.